The maximum atomic E-state index is 12.3. The molecule has 4 rings (SSSR count). The Hall–Kier alpha value is -3.68. The average Bonchev–Trinajstić information content (AvgIpc) is 2.90. The molecule has 3 aromatic rings. The molecule has 1 aliphatic heterocycles. The normalized spacial score (nSPS) is 14.7. The molecule has 0 unspecified atom stereocenters. The summed E-state index contributed by atoms with van der Waals surface area (Å²) in [5.74, 6) is 1.15. The van der Waals surface area contributed by atoms with Gasteiger partial charge in [-0.1, -0.05) is 60.7 Å². The summed E-state index contributed by atoms with van der Waals surface area (Å²) in [6, 6.07) is 26.0. The van der Waals surface area contributed by atoms with Crippen LogP contribution >= 0.6 is 0 Å². The van der Waals surface area contributed by atoms with Crippen molar-refractivity contribution < 1.29 is 14.3 Å². The number of amides is 1. The highest BCUT2D eigenvalue weighted by Gasteiger charge is 2.18. The SMILES string of the molecule is COc1cc(C=NNC(=O)CN2CCN(Cc3ccccc3)CC2)ccc1OCc1ccccc1. The number of carbonyl (C=O) groups excluding carboxylic acids is 1. The summed E-state index contributed by atoms with van der Waals surface area (Å²) in [6.07, 6.45) is 1.61. The fourth-order valence-electron chi connectivity index (χ4n) is 3.98. The molecule has 0 aromatic heterocycles. The lowest BCUT2D eigenvalue weighted by atomic mass is 10.2. The van der Waals surface area contributed by atoms with E-state index in [1.54, 1.807) is 13.3 Å². The van der Waals surface area contributed by atoms with Crippen LogP contribution in [0.15, 0.2) is 84.0 Å². The molecule has 1 N–H and O–H groups in total. The van der Waals surface area contributed by atoms with Crippen molar-refractivity contribution in [3.05, 3.63) is 95.6 Å². The number of ether oxygens (including phenoxy) is 2. The molecule has 1 fully saturated rings. The highest BCUT2D eigenvalue weighted by Crippen LogP contribution is 2.28. The number of hydrogen-bond donors (Lipinski definition) is 1. The first-order valence-electron chi connectivity index (χ1n) is 11.8. The van der Waals surface area contributed by atoms with Crippen molar-refractivity contribution in [3.8, 4) is 11.5 Å². The summed E-state index contributed by atoms with van der Waals surface area (Å²) >= 11 is 0. The van der Waals surface area contributed by atoms with Crippen LogP contribution in [-0.2, 0) is 17.9 Å². The van der Waals surface area contributed by atoms with Crippen LogP contribution in [-0.4, -0.2) is 61.8 Å². The molecule has 3 aromatic carbocycles. The molecule has 1 heterocycles. The van der Waals surface area contributed by atoms with Gasteiger partial charge in [0.05, 0.1) is 19.9 Å². The first-order valence-corrected chi connectivity index (χ1v) is 11.8. The molecule has 1 saturated heterocycles. The van der Waals surface area contributed by atoms with Crippen molar-refractivity contribution >= 4 is 12.1 Å². The predicted molar refractivity (Wildman–Crippen MR) is 138 cm³/mol. The van der Waals surface area contributed by atoms with E-state index in [4.69, 9.17) is 9.47 Å². The number of methoxy groups -OCH3 is 1. The minimum Gasteiger partial charge on any atom is -0.493 e. The van der Waals surface area contributed by atoms with Gasteiger partial charge in [0.25, 0.3) is 5.91 Å². The van der Waals surface area contributed by atoms with Crippen molar-refractivity contribution in [2.45, 2.75) is 13.2 Å². The van der Waals surface area contributed by atoms with Crippen LogP contribution in [0.25, 0.3) is 0 Å². The topological polar surface area (TPSA) is 66.4 Å². The molecular formula is C28H32N4O3. The zero-order valence-corrected chi connectivity index (χ0v) is 20.1. The van der Waals surface area contributed by atoms with Crippen LogP contribution in [0, 0.1) is 0 Å². The van der Waals surface area contributed by atoms with Crippen LogP contribution in [0.5, 0.6) is 11.5 Å². The summed E-state index contributed by atoms with van der Waals surface area (Å²) in [7, 11) is 1.60. The van der Waals surface area contributed by atoms with Crippen molar-refractivity contribution in [2.75, 3.05) is 39.8 Å². The van der Waals surface area contributed by atoms with Gasteiger partial charge in [-0.15, -0.1) is 0 Å². The van der Waals surface area contributed by atoms with Crippen molar-refractivity contribution in [3.63, 3.8) is 0 Å². The summed E-state index contributed by atoms with van der Waals surface area (Å²) in [4.78, 5) is 16.9. The van der Waals surface area contributed by atoms with E-state index in [2.05, 4.69) is 44.6 Å². The fraction of sp³-hybridized carbons (Fsp3) is 0.286. The predicted octanol–water partition coefficient (Wildman–Crippen LogP) is 3.54. The van der Waals surface area contributed by atoms with Crippen LogP contribution in [0.3, 0.4) is 0 Å². The third kappa shape index (κ3) is 7.67. The number of nitrogens with one attached hydrogen (secondary N) is 1. The number of hydrogen-bond acceptors (Lipinski definition) is 6. The van der Waals surface area contributed by atoms with Gasteiger partial charge in [0.2, 0.25) is 0 Å². The molecule has 0 radical (unpaired) electrons. The van der Waals surface area contributed by atoms with E-state index in [0.717, 1.165) is 43.9 Å². The number of rotatable bonds is 10. The van der Waals surface area contributed by atoms with Gasteiger partial charge < -0.3 is 9.47 Å². The molecule has 1 aliphatic rings. The summed E-state index contributed by atoms with van der Waals surface area (Å²) < 4.78 is 11.4. The second kappa shape index (κ2) is 12.7. The molecule has 7 nitrogen and oxygen atoms in total. The first-order chi connectivity index (χ1) is 17.2. The summed E-state index contributed by atoms with van der Waals surface area (Å²) in [6.45, 7) is 5.38. The fourth-order valence-corrected chi connectivity index (χ4v) is 3.98. The van der Waals surface area contributed by atoms with E-state index in [9.17, 15) is 4.79 Å². The number of carbonyl (C=O) groups is 1. The molecule has 0 atom stereocenters. The number of piperazine rings is 1. The second-order valence-electron chi connectivity index (χ2n) is 8.52. The van der Waals surface area contributed by atoms with Crippen LogP contribution in [0.2, 0.25) is 0 Å². The monoisotopic (exact) mass is 472 g/mol. The Kier molecular flexibility index (Phi) is 8.86. The molecule has 1 amide bonds. The van der Waals surface area contributed by atoms with Gasteiger partial charge in [0, 0.05) is 32.7 Å². The third-order valence-electron chi connectivity index (χ3n) is 5.91. The van der Waals surface area contributed by atoms with Crippen LogP contribution < -0.4 is 14.9 Å². The molecule has 35 heavy (non-hydrogen) atoms. The highest BCUT2D eigenvalue weighted by atomic mass is 16.5. The molecule has 182 valence electrons. The Morgan fingerprint density at radius 3 is 2.23 bits per heavy atom. The van der Waals surface area contributed by atoms with E-state index in [1.807, 2.05) is 54.6 Å². The van der Waals surface area contributed by atoms with E-state index in [0.29, 0.717) is 24.7 Å². The molecule has 0 aliphatic carbocycles. The zero-order valence-electron chi connectivity index (χ0n) is 20.1. The quantitative estimate of drug-likeness (QED) is 0.361. The van der Waals surface area contributed by atoms with Gasteiger partial charge in [0.15, 0.2) is 11.5 Å². The van der Waals surface area contributed by atoms with Crippen molar-refractivity contribution in [1.82, 2.24) is 15.2 Å². The Balaban J connectivity index is 1.20. The molecule has 0 saturated carbocycles. The highest BCUT2D eigenvalue weighted by molar-refractivity contribution is 5.83. The molecule has 0 spiro atoms. The first kappa shape index (κ1) is 24.4. The minimum absolute atomic E-state index is 0.118. The lowest BCUT2D eigenvalue weighted by Gasteiger charge is -2.34. The van der Waals surface area contributed by atoms with Gasteiger partial charge >= 0.3 is 0 Å². The Morgan fingerprint density at radius 2 is 1.54 bits per heavy atom. The van der Waals surface area contributed by atoms with Crippen LogP contribution in [0.1, 0.15) is 16.7 Å². The summed E-state index contributed by atoms with van der Waals surface area (Å²) in [5.41, 5.74) is 5.84. The van der Waals surface area contributed by atoms with Gasteiger partial charge in [-0.2, -0.15) is 5.10 Å². The number of hydrazone groups is 1. The van der Waals surface area contributed by atoms with Crippen molar-refractivity contribution in [2.24, 2.45) is 5.10 Å². The van der Waals surface area contributed by atoms with Gasteiger partial charge in [-0.05, 0) is 34.9 Å². The smallest absolute Gasteiger partial charge is 0.254 e. The lowest BCUT2D eigenvalue weighted by Crippen LogP contribution is -2.48. The minimum atomic E-state index is -0.118. The van der Waals surface area contributed by atoms with Gasteiger partial charge in [-0.3, -0.25) is 14.6 Å². The largest absolute Gasteiger partial charge is 0.493 e. The van der Waals surface area contributed by atoms with E-state index >= 15 is 0 Å². The maximum absolute atomic E-state index is 12.3. The molecule has 7 heteroatoms. The zero-order chi connectivity index (χ0) is 24.3. The van der Waals surface area contributed by atoms with E-state index < -0.39 is 0 Å². The van der Waals surface area contributed by atoms with Gasteiger partial charge in [0.1, 0.15) is 6.61 Å². The lowest BCUT2D eigenvalue weighted by molar-refractivity contribution is -0.122. The second-order valence-corrected chi connectivity index (χ2v) is 8.52. The number of nitrogens with zero attached hydrogens (tertiary/aromatic N) is 3. The Morgan fingerprint density at radius 1 is 0.886 bits per heavy atom. The van der Waals surface area contributed by atoms with E-state index in [-0.39, 0.29) is 5.91 Å². The molecule has 0 bridgehead atoms. The standard InChI is InChI=1S/C28H32N4O3/c1-34-27-18-25(12-13-26(27)35-22-24-10-6-3-7-11-24)19-29-30-28(33)21-32-16-14-31(15-17-32)20-23-8-4-2-5-9-23/h2-13,18-19H,14-17,20-22H2,1H3,(H,30,33). The Labute approximate surface area is 207 Å². The van der Waals surface area contributed by atoms with Gasteiger partial charge in [-0.25, -0.2) is 5.43 Å². The summed E-state index contributed by atoms with van der Waals surface area (Å²) in [5, 5.41) is 4.12. The van der Waals surface area contributed by atoms with Crippen molar-refractivity contribution in [1.29, 1.82) is 0 Å². The maximum Gasteiger partial charge on any atom is 0.254 e. The number of benzene rings is 3. The molecular weight excluding hydrogens is 440 g/mol. The Bertz CT molecular complexity index is 1100. The van der Waals surface area contributed by atoms with E-state index in [1.165, 1.54) is 5.56 Å². The van der Waals surface area contributed by atoms with Crippen LogP contribution in [0.4, 0.5) is 0 Å². The average molecular weight is 473 g/mol. The third-order valence-corrected chi connectivity index (χ3v) is 5.91.